The maximum atomic E-state index is 12.0. The number of pyridine rings is 1. The molecule has 0 unspecified atom stereocenters. The van der Waals surface area contributed by atoms with Crippen molar-refractivity contribution in [3.8, 4) is 34.8 Å². The third kappa shape index (κ3) is 14.9. The van der Waals surface area contributed by atoms with Gasteiger partial charge in [-0.2, -0.15) is 10.5 Å². The summed E-state index contributed by atoms with van der Waals surface area (Å²) in [5.74, 6) is 2.00. The lowest BCUT2D eigenvalue weighted by molar-refractivity contribution is 0.0480. The summed E-state index contributed by atoms with van der Waals surface area (Å²) in [5, 5.41) is 21.4. The average Bonchev–Trinajstić information content (AvgIpc) is 2.97. The summed E-state index contributed by atoms with van der Waals surface area (Å²) in [6.45, 7) is 16.5. The van der Waals surface area contributed by atoms with Crippen molar-refractivity contribution >= 4 is 22.0 Å². The second kappa shape index (κ2) is 18.9. The minimum Gasteiger partial charge on any atom is -0.491 e. The first-order valence-corrected chi connectivity index (χ1v) is 16.6. The zero-order chi connectivity index (χ0) is 35.1. The van der Waals surface area contributed by atoms with Crippen molar-refractivity contribution < 1.29 is 19.0 Å². The summed E-state index contributed by atoms with van der Waals surface area (Å²) in [5.41, 5.74) is 9.42. The van der Waals surface area contributed by atoms with Crippen LogP contribution in [0.1, 0.15) is 78.1 Å². The van der Waals surface area contributed by atoms with Crippen molar-refractivity contribution in [2.75, 3.05) is 13.2 Å². The van der Waals surface area contributed by atoms with Crippen LogP contribution in [0.2, 0.25) is 0 Å². The van der Waals surface area contributed by atoms with Gasteiger partial charge in [0.25, 0.3) is 0 Å². The first-order chi connectivity index (χ1) is 22.1. The highest BCUT2D eigenvalue weighted by molar-refractivity contribution is 9.10. The quantitative estimate of drug-likeness (QED) is 0.191. The van der Waals surface area contributed by atoms with Crippen molar-refractivity contribution in [3.63, 3.8) is 0 Å². The number of nitrogens with one attached hydrogen (secondary N) is 1. The molecule has 3 N–H and O–H groups in total. The molecule has 0 fully saturated rings. The molecular formula is C37H48BrN5O4. The number of carbonyl (C=O) groups excluding carboxylic acids is 1. The lowest BCUT2D eigenvalue weighted by Crippen LogP contribution is -2.42. The lowest BCUT2D eigenvalue weighted by Gasteiger charge is -2.25. The van der Waals surface area contributed by atoms with Crippen LogP contribution in [0.5, 0.6) is 11.5 Å². The number of ether oxygens (including phenoxy) is 3. The molecule has 0 saturated heterocycles. The number of nitrogens with two attached hydrogens (primary N) is 1. The van der Waals surface area contributed by atoms with E-state index >= 15 is 0 Å². The zero-order valence-corrected chi connectivity index (χ0v) is 30.3. The van der Waals surface area contributed by atoms with Gasteiger partial charge in [0.15, 0.2) is 0 Å². The summed E-state index contributed by atoms with van der Waals surface area (Å²) in [6.07, 6.45) is 2.95. The van der Waals surface area contributed by atoms with Crippen molar-refractivity contribution in [2.24, 2.45) is 17.6 Å². The van der Waals surface area contributed by atoms with Crippen LogP contribution in [0.15, 0.2) is 59.2 Å². The standard InChI is InChI=1S/C19H23N3O.C18H25BrN2O3/c1-13(2)8-18(21)12-23-19-5-4-15(10-17(19)11-20)16-6-7-22-14(3)9-16;1-12(2)8-15(21-17(22)24-18(3,4)5)11-23-16-7-6-14(19)9-13(16)10-20/h4-7,9-10,13,18H,8,12,21H2,1-3H3;6-7,9,12,15H,8,11H2,1-5H3,(H,21,22)/t18-;15-/m00/s1. The molecule has 0 radical (unpaired) electrons. The van der Waals surface area contributed by atoms with E-state index in [4.69, 9.17) is 19.9 Å². The Morgan fingerprint density at radius 2 is 1.47 bits per heavy atom. The summed E-state index contributed by atoms with van der Waals surface area (Å²) in [6, 6.07) is 18.9. The number of benzene rings is 2. The molecule has 9 nitrogen and oxygen atoms in total. The zero-order valence-electron chi connectivity index (χ0n) is 28.8. The third-order valence-corrected chi connectivity index (χ3v) is 7.03. The van der Waals surface area contributed by atoms with Gasteiger partial charge in [-0.15, -0.1) is 0 Å². The lowest BCUT2D eigenvalue weighted by atomic mass is 10.0. The molecule has 1 aromatic heterocycles. The molecule has 10 heteroatoms. The van der Waals surface area contributed by atoms with Crippen LogP contribution in [0.3, 0.4) is 0 Å². The Morgan fingerprint density at radius 1 is 0.894 bits per heavy atom. The number of rotatable bonds is 12. The predicted molar refractivity (Wildman–Crippen MR) is 189 cm³/mol. The highest BCUT2D eigenvalue weighted by Crippen LogP contribution is 2.27. The van der Waals surface area contributed by atoms with E-state index in [0.717, 1.165) is 34.1 Å². The maximum absolute atomic E-state index is 12.0. The van der Waals surface area contributed by atoms with Gasteiger partial charge < -0.3 is 25.3 Å². The molecule has 252 valence electrons. The number of aryl methyl sites for hydroxylation is 1. The number of carbonyl (C=O) groups is 1. The second-order valence-corrected chi connectivity index (χ2v) is 14.2. The molecule has 2 aromatic carbocycles. The van der Waals surface area contributed by atoms with Crippen molar-refractivity contribution in [2.45, 2.75) is 85.9 Å². The van der Waals surface area contributed by atoms with Gasteiger partial charge in [-0.3, -0.25) is 4.98 Å². The van der Waals surface area contributed by atoms with Gasteiger partial charge >= 0.3 is 6.09 Å². The van der Waals surface area contributed by atoms with Crippen LogP contribution in [-0.2, 0) is 4.74 Å². The number of nitriles is 2. The third-order valence-electron chi connectivity index (χ3n) is 6.54. The fourth-order valence-corrected chi connectivity index (χ4v) is 5.00. The topological polar surface area (TPSA) is 143 Å². The Morgan fingerprint density at radius 3 is 2.04 bits per heavy atom. The van der Waals surface area contributed by atoms with Gasteiger partial charge in [0, 0.05) is 22.4 Å². The van der Waals surface area contributed by atoms with E-state index in [1.807, 2.05) is 64.1 Å². The summed E-state index contributed by atoms with van der Waals surface area (Å²) in [7, 11) is 0. The highest BCUT2D eigenvalue weighted by atomic mass is 79.9. The first-order valence-electron chi connectivity index (χ1n) is 15.8. The Labute approximate surface area is 288 Å². The second-order valence-electron chi connectivity index (χ2n) is 13.2. The number of alkyl carbamates (subject to hydrolysis) is 1. The minimum absolute atomic E-state index is 0.0240. The van der Waals surface area contributed by atoms with Gasteiger partial charge in [0.2, 0.25) is 0 Å². The number of halogens is 1. The molecule has 3 rings (SSSR count). The molecule has 2 atom stereocenters. The van der Waals surface area contributed by atoms with Gasteiger partial charge in [-0.25, -0.2) is 4.79 Å². The SMILES string of the molecule is CC(C)C[C@@H](COc1ccc(Br)cc1C#N)NC(=O)OC(C)(C)C.Cc1cc(-c2ccc(OC[C@@H](N)CC(C)C)c(C#N)c2)ccn1. The van der Waals surface area contributed by atoms with Crippen LogP contribution in [0, 0.1) is 41.4 Å². The monoisotopic (exact) mass is 705 g/mol. The maximum Gasteiger partial charge on any atom is 0.407 e. The van der Waals surface area contributed by atoms with Crippen molar-refractivity contribution in [3.05, 3.63) is 76.0 Å². The molecule has 0 aliphatic heterocycles. The molecule has 47 heavy (non-hydrogen) atoms. The molecule has 0 aliphatic carbocycles. The molecule has 0 aliphatic rings. The predicted octanol–water partition coefficient (Wildman–Crippen LogP) is 8.32. The Bertz CT molecular complexity index is 1540. The average molecular weight is 707 g/mol. The molecule has 0 bridgehead atoms. The van der Waals surface area contributed by atoms with Gasteiger partial charge in [0.1, 0.15) is 42.5 Å². The Hall–Kier alpha value is -4.12. The number of hydrogen-bond acceptors (Lipinski definition) is 8. The van der Waals surface area contributed by atoms with E-state index in [1.54, 1.807) is 18.3 Å². The smallest absolute Gasteiger partial charge is 0.407 e. The molecule has 3 aromatic rings. The van der Waals surface area contributed by atoms with E-state index < -0.39 is 11.7 Å². The molecule has 0 spiro atoms. The van der Waals surface area contributed by atoms with Crippen LogP contribution >= 0.6 is 15.9 Å². The van der Waals surface area contributed by atoms with E-state index in [-0.39, 0.29) is 18.7 Å². The molecule has 0 saturated carbocycles. The molecular weight excluding hydrogens is 658 g/mol. The summed E-state index contributed by atoms with van der Waals surface area (Å²) in [4.78, 5) is 16.2. The molecule has 1 heterocycles. The van der Waals surface area contributed by atoms with Gasteiger partial charge in [-0.1, -0.05) is 49.7 Å². The van der Waals surface area contributed by atoms with Crippen LogP contribution in [0.25, 0.3) is 11.1 Å². The Kier molecular flexibility index (Phi) is 15.7. The normalized spacial score (nSPS) is 12.2. The van der Waals surface area contributed by atoms with E-state index in [9.17, 15) is 15.3 Å². The van der Waals surface area contributed by atoms with Crippen LogP contribution in [-0.4, -0.2) is 42.0 Å². The van der Waals surface area contributed by atoms with Gasteiger partial charge in [0.05, 0.1) is 17.2 Å². The van der Waals surface area contributed by atoms with Crippen molar-refractivity contribution in [1.29, 1.82) is 10.5 Å². The summed E-state index contributed by atoms with van der Waals surface area (Å²) >= 11 is 3.33. The van der Waals surface area contributed by atoms with Gasteiger partial charge in [-0.05, 0) is 106 Å². The number of nitrogens with zero attached hydrogens (tertiary/aromatic N) is 3. The number of hydrogen-bond donors (Lipinski definition) is 2. The minimum atomic E-state index is -0.549. The highest BCUT2D eigenvalue weighted by Gasteiger charge is 2.21. The first kappa shape index (κ1) is 39.1. The number of aromatic nitrogens is 1. The van der Waals surface area contributed by atoms with Crippen LogP contribution < -0.4 is 20.5 Å². The van der Waals surface area contributed by atoms with E-state index in [1.165, 1.54) is 0 Å². The fraction of sp³-hybridized carbons (Fsp3) is 0.459. The summed E-state index contributed by atoms with van der Waals surface area (Å²) < 4.78 is 17.6. The van der Waals surface area contributed by atoms with Crippen LogP contribution in [0.4, 0.5) is 4.79 Å². The fourth-order valence-electron chi connectivity index (χ4n) is 4.64. The molecule has 1 amide bonds. The van der Waals surface area contributed by atoms with Crippen molar-refractivity contribution in [1.82, 2.24) is 10.3 Å². The largest absolute Gasteiger partial charge is 0.491 e. The Balaban J connectivity index is 0.000000327. The number of amides is 1. The van der Waals surface area contributed by atoms with E-state index in [0.29, 0.717) is 41.1 Å². The van der Waals surface area contributed by atoms with E-state index in [2.05, 4.69) is 66.1 Å².